The van der Waals surface area contributed by atoms with Gasteiger partial charge in [0.05, 0.1) is 16.7 Å². The quantitative estimate of drug-likeness (QED) is 0.167. The van der Waals surface area contributed by atoms with Crippen LogP contribution < -0.4 is 0 Å². The molecule has 0 radical (unpaired) electrons. The molecule has 11 rings (SSSR count). The maximum absolute atomic E-state index is 5.23. The monoisotopic (exact) mass is 699 g/mol. The fraction of sp³-hybridized carbons (Fsp3) is 0. The predicted octanol–water partition coefficient (Wildman–Crippen LogP) is 13.7. The summed E-state index contributed by atoms with van der Waals surface area (Å²) in [5, 5.41) is 10.2. The second-order valence-electron chi connectivity index (χ2n) is 14.2. The van der Waals surface area contributed by atoms with Crippen LogP contribution in [-0.4, -0.2) is 14.5 Å². The van der Waals surface area contributed by atoms with Gasteiger partial charge in [-0.15, -0.1) is 0 Å². The van der Waals surface area contributed by atoms with Gasteiger partial charge in [0.25, 0.3) is 0 Å². The Morgan fingerprint density at radius 3 is 1.25 bits per heavy atom. The molecule has 0 aliphatic rings. The van der Waals surface area contributed by atoms with E-state index in [-0.39, 0.29) is 0 Å². The van der Waals surface area contributed by atoms with Crippen LogP contribution in [0.2, 0.25) is 0 Å². The Bertz CT molecular complexity index is 3140. The Morgan fingerprint density at radius 2 is 0.691 bits per heavy atom. The zero-order valence-electron chi connectivity index (χ0n) is 29.9. The maximum Gasteiger partial charge on any atom is 0.162 e. The molecule has 0 aliphatic carbocycles. The Morgan fingerprint density at radius 1 is 0.273 bits per heavy atom. The number of fused-ring (bicyclic) bond motifs is 9. The van der Waals surface area contributed by atoms with Crippen LogP contribution in [0.25, 0.3) is 105 Å². The molecule has 0 aliphatic heterocycles. The molecule has 0 spiro atoms. The molecule has 2 aromatic heterocycles. The molecule has 0 amide bonds. The van der Waals surface area contributed by atoms with Crippen molar-refractivity contribution in [2.45, 2.75) is 0 Å². The first-order chi connectivity index (χ1) is 27.3. The number of rotatable bonds is 5. The first-order valence-corrected chi connectivity index (χ1v) is 18.7. The number of para-hydroxylation sites is 2. The van der Waals surface area contributed by atoms with Gasteiger partial charge in [-0.05, 0) is 72.8 Å². The first-order valence-electron chi connectivity index (χ1n) is 18.7. The van der Waals surface area contributed by atoms with Crippen molar-refractivity contribution >= 4 is 54.1 Å². The first kappa shape index (κ1) is 31.2. The number of hydrogen-bond donors (Lipinski definition) is 0. The summed E-state index contributed by atoms with van der Waals surface area (Å²) in [6.45, 7) is 0. The summed E-state index contributed by atoms with van der Waals surface area (Å²) >= 11 is 0. The van der Waals surface area contributed by atoms with E-state index >= 15 is 0 Å². The number of hydrogen-bond acceptors (Lipinski definition) is 2. The molecular weight excluding hydrogens is 667 g/mol. The average molecular weight is 700 g/mol. The normalized spacial score (nSPS) is 11.6. The van der Waals surface area contributed by atoms with E-state index in [1.165, 1.54) is 54.2 Å². The third-order valence-corrected chi connectivity index (χ3v) is 11.0. The molecule has 0 saturated heterocycles. The Balaban J connectivity index is 0.962. The summed E-state index contributed by atoms with van der Waals surface area (Å²) in [7, 11) is 0. The van der Waals surface area contributed by atoms with Gasteiger partial charge < -0.3 is 0 Å². The van der Waals surface area contributed by atoms with Crippen molar-refractivity contribution in [1.29, 1.82) is 0 Å². The number of benzene rings is 9. The van der Waals surface area contributed by atoms with Gasteiger partial charge >= 0.3 is 0 Å². The van der Waals surface area contributed by atoms with Crippen molar-refractivity contribution in [3.8, 4) is 50.7 Å². The van der Waals surface area contributed by atoms with Crippen LogP contribution in [0.5, 0.6) is 0 Å². The minimum Gasteiger partial charge on any atom is -0.294 e. The van der Waals surface area contributed by atoms with Crippen LogP contribution in [-0.2, 0) is 0 Å². The van der Waals surface area contributed by atoms with E-state index in [4.69, 9.17) is 9.97 Å². The van der Waals surface area contributed by atoms with Gasteiger partial charge in [0.1, 0.15) is 5.82 Å². The van der Waals surface area contributed by atoms with E-state index in [0.717, 1.165) is 44.8 Å². The highest BCUT2D eigenvalue weighted by atomic mass is 15.1. The van der Waals surface area contributed by atoms with Gasteiger partial charge in [0.15, 0.2) is 5.82 Å². The van der Waals surface area contributed by atoms with Crippen LogP contribution >= 0.6 is 0 Å². The molecule has 2 heterocycles. The van der Waals surface area contributed by atoms with E-state index < -0.39 is 0 Å². The van der Waals surface area contributed by atoms with Gasteiger partial charge in [0, 0.05) is 28.0 Å². The Kier molecular flexibility index (Phi) is 7.17. The fourth-order valence-corrected chi connectivity index (χ4v) is 8.36. The molecular formula is C52H33N3. The molecule has 11 aromatic rings. The molecule has 0 unspecified atom stereocenters. The lowest BCUT2D eigenvalue weighted by Gasteiger charge is -2.13. The van der Waals surface area contributed by atoms with E-state index in [0.29, 0.717) is 5.82 Å². The average Bonchev–Trinajstić information content (AvgIpc) is 3.61. The van der Waals surface area contributed by atoms with Crippen molar-refractivity contribution in [1.82, 2.24) is 14.5 Å². The third-order valence-electron chi connectivity index (χ3n) is 11.0. The molecule has 0 atom stereocenters. The molecule has 3 heteroatoms. The molecule has 55 heavy (non-hydrogen) atoms. The van der Waals surface area contributed by atoms with Gasteiger partial charge in [-0.25, -0.2) is 9.97 Å². The van der Waals surface area contributed by atoms with Crippen LogP contribution in [0.3, 0.4) is 0 Å². The minimum absolute atomic E-state index is 0.691. The molecule has 0 N–H and O–H groups in total. The maximum atomic E-state index is 5.23. The van der Waals surface area contributed by atoms with Crippen LogP contribution in [0.1, 0.15) is 0 Å². The van der Waals surface area contributed by atoms with Crippen molar-refractivity contribution in [3.05, 3.63) is 200 Å². The summed E-state index contributed by atoms with van der Waals surface area (Å²) in [5.41, 5.74) is 9.87. The zero-order valence-corrected chi connectivity index (χ0v) is 29.9. The molecule has 0 fully saturated rings. The van der Waals surface area contributed by atoms with Crippen LogP contribution in [0.4, 0.5) is 0 Å². The lowest BCUT2D eigenvalue weighted by atomic mass is 9.92. The second-order valence-corrected chi connectivity index (χ2v) is 14.2. The van der Waals surface area contributed by atoms with E-state index in [2.05, 4.69) is 199 Å². The summed E-state index contributed by atoms with van der Waals surface area (Å²) in [4.78, 5) is 10.4. The Hall–Kier alpha value is -7.36. The zero-order chi connectivity index (χ0) is 36.3. The van der Waals surface area contributed by atoms with Gasteiger partial charge in [-0.3, -0.25) is 4.57 Å². The molecule has 9 aromatic carbocycles. The predicted molar refractivity (Wildman–Crippen MR) is 231 cm³/mol. The second kappa shape index (κ2) is 12.6. The number of nitrogens with zero attached hydrogens (tertiary/aromatic N) is 3. The standard InChI is InChI=1S/C52H33N3/c1-2-12-37(13-3-1)48-33-51(55-49-20-10-8-18-45(49)46-19-9-11-21-50(46)55)54-52(53-48)38-28-26-35(27-29-38)34-22-24-36(25-23-34)39-30-31-44-42-16-5-4-14-40(42)41-15-6-7-17-43(41)47(44)32-39/h1-33H. The molecule has 3 nitrogen and oxygen atoms in total. The summed E-state index contributed by atoms with van der Waals surface area (Å²) < 4.78 is 2.26. The molecule has 256 valence electrons. The summed E-state index contributed by atoms with van der Waals surface area (Å²) in [5.74, 6) is 1.53. The highest BCUT2D eigenvalue weighted by Crippen LogP contribution is 2.38. The van der Waals surface area contributed by atoms with E-state index in [1.807, 2.05) is 6.07 Å². The molecule has 0 saturated carbocycles. The van der Waals surface area contributed by atoms with Crippen LogP contribution in [0.15, 0.2) is 200 Å². The van der Waals surface area contributed by atoms with Gasteiger partial charge in [0.2, 0.25) is 0 Å². The summed E-state index contributed by atoms with van der Waals surface area (Å²) in [6, 6.07) is 71.5. The summed E-state index contributed by atoms with van der Waals surface area (Å²) in [6.07, 6.45) is 0. The van der Waals surface area contributed by atoms with Crippen molar-refractivity contribution < 1.29 is 0 Å². The van der Waals surface area contributed by atoms with Crippen molar-refractivity contribution in [2.75, 3.05) is 0 Å². The highest BCUT2D eigenvalue weighted by Gasteiger charge is 2.16. The van der Waals surface area contributed by atoms with E-state index in [9.17, 15) is 0 Å². The largest absolute Gasteiger partial charge is 0.294 e. The van der Waals surface area contributed by atoms with Crippen LogP contribution in [0, 0.1) is 0 Å². The number of aromatic nitrogens is 3. The SMILES string of the molecule is c1ccc(-c2cc(-n3c4ccccc4c4ccccc43)nc(-c3ccc(-c4ccc(-c5ccc6c7ccccc7c7ccccc7c6c5)cc4)cc3)n2)cc1. The third kappa shape index (κ3) is 5.20. The van der Waals surface area contributed by atoms with Crippen molar-refractivity contribution in [3.63, 3.8) is 0 Å². The van der Waals surface area contributed by atoms with Gasteiger partial charge in [-0.1, -0.05) is 176 Å². The fourth-order valence-electron chi connectivity index (χ4n) is 8.36. The van der Waals surface area contributed by atoms with Gasteiger partial charge in [-0.2, -0.15) is 0 Å². The Labute approximate surface area is 318 Å². The molecule has 0 bridgehead atoms. The lowest BCUT2D eigenvalue weighted by molar-refractivity contribution is 1.05. The highest BCUT2D eigenvalue weighted by molar-refractivity contribution is 6.25. The lowest BCUT2D eigenvalue weighted by Crippen LogP contribution is -2.02. The topological polar surface area (TPSA) is 30.7 Å². The van der Waals surface area contributed by atoms with Crippen molar-refractivity contribution in [2.24, 2.45) is 0 Å². The van der Waals surface area contributed by atoms with E-state index in [1.54, 1.807) is 0 Å². The smallest absolute Gasteiger partial charge is 0.162 e. The minimum atomic E-state index is 0.691.